The monoisotopic (exact) mass is 308 g/mol. The number of carbonyl (C=O) groups excluding carboxylic acids is 1. The number of amides is 2. The number of carbonyl (C=O) groups is 1. The highest BCUT2D eigenvalue weighted by Gasteiger charge is 2.33. The summed E-state index contributed by atoms with van der Waals surface area (Å²) in [4.78, 5) is 18.2. The summed E-state index contributed by atoms with van der Waals surface area (Å²) in [6.07, 6.45) is 5.08. The Balaban J connectivity index is 1.51. The van der Waals surface area contributed by atoms with E-state index < -0.39 is 0 Å². The van der Waals surface area contributed by atoms with Crippen LogP contribution in [-0.4, -0.2) is 47.4 Å². The third-order valence-corrected chi connectivity index (χ3v) is 4.13. The molecule has 1 N–H and O–H groups in total. The molecule has 3 rings (SSSR count). The van der Waals surface area contributed by atoms with E-state index in [-0.39, 0.29) is 12.1 Å². The Bertz CT molecular complexity index is 501. The van der Waals surface area contributed by atoms with E-state index in [2.05, 4.69) is 15.5 Å². The second kappa shape index (κ2) is 7.09. The molecule has 2 amide bonds. The lowest BCUT2D eigenvalue weighted by Crippen LogP contribution is -2.39. The summed E-state index contributed by atoms with van der Waals surface area (Å²) in [5.74, 6) is 1.97. The van der Waals surface area contributed by atoms with E-state index in [0.717, 1.165) is 31.9 Å². The number of hydrogen-bond acceptors (Lipinski definition) is 5. The van der Waals surface area contributed by atoms with Crippen molar-refractivity contribution >= 4 is 6.03 Å². The Morgan fingerprint density at radius 1 is 1.45 bits per heavy atom. The number of nitrogens with zero attached hydrogens (tertiary/aromatic N) is 3. The number of likely N-dealkylation sites (tertiary alicyclic amines) is 1. The van der Waals surface area contributed by atoms with Gasteiger partial charge in [0, 0.05) is 26.1 Å². The van der Waals surface area contributed by atoms with Crippen LogP contribution in [-0.2, 0) is 11.2 Å². The number of urea groups is 1. The predicted octanol–water partition coefficient (Wildman–Crippen LogP) is 1.91. The van der Waals surface area contributed by atoms with Gasteiger partial charge in [-0.1, -0.05) is 5.16 Å². The van der Waals surface area contributed by atoms with Crippen LogP contribution in [0.25, 0.3) is 0 Å². The van der Waals surface area contributed by atoms with Gasteiger partial charge in [0.25, 0.3) is 0 Å². The lowest BCUT2D eigenvalue weighted by molar-refractivity contribution is 0.125. The van der Waals surface area contributed by atoms with Crippen molar-refractivity contribution in [2.75, 3.05) is 26.3 Å². The zero-order valence-corrected chi connectivity index (χ0v) is 13.1. The summed E-state index contributed by atoms with van der Waals surface area (Å²) >= 11 is 0. The molecular weight excluding hydrogens is 284 g/mol. The number of aromatic nitrogens is 2. The molecule has 2 heterocycles. The average Bonchev–Trinajstić information content (AvgIpc) is 3.02. The standard InChI is InChI=1S/C15H24N4O3/c1-2-16-15(20)19-8-3-4-12(19)14-17-13(18-22-14)7-9-21-10-11-5-6-11/h11-12H,2-10H2,1H3,(H,16,20). The summed E-state index contributed by atoms with van der Waals surface area (Å²) in [5.41, 5.74) is 0. The molecule has 0 radical (unpaired) electrons. The molecule has 0 aromatic carbocycles. The van der Waals surface area contributed by atoms with Crippen molar-refractivity contribution in [3.8, 4) is 0 Å². The van der Waals surface area contributed by atoms with E-state index >= 15 is 0 Å². The van der Waals surface area contributed by atoms with Gasteiger partial charge in [-0.3, -0.25) is 0 Å². The summed E-state index contributed by atoms with van der Waals surface area (Å²) in [7, 11) is 0. The van der Waals surface area contributed by atoms with Crippen LogP contribution in [0.15, 0.2) is 4.52 Å². The van der Waals surface area contributed by atoms with E-state index in [1.54, 1.807) is 4.90 Å². The van der Waals surface area contributed by atoms with Gasteiger partial charge in [0.15, 0.2) is 5.82 Å². The van der Waals surface area contributed by atoms with Crippen molar-refractivity contribution in [2.24, 2.45) is 5.92 Å². The fourth-order valence-corrected chi connectivity index (χ4v) is 2.72. The molecule has 0 spiro atoms. The molecule has 1 saturated heterocycles. The predicted molar refractivity (Wildman–Crippen MR) is 79.3 cm³/mol. The average molecular weight is 308 g/mol. The van der Waals surface area contributed by atoms with Crippen molar-refractivity contribution in [3.63, 3.8) is 0 Å². The molecule has 22 heavy (non-hydrogen) atoms. The Morgan fingerprint density at radius 3 is 3.09 bits per heavy atom. The maximum absolute atomic E-state index is 12.0. The van der Waals surface area contributed by atoms with Crippen molar-refractivity contribution in [1.29, 1.82) is 0 Å². The van der Waals surface area contributed by atoms with Gasteiger partial charge >= 0.3 is 6.03 Å². The van der Waals surface area contributed by atoms with Gasteiger partial charge in [0.2, 0.25) is 5.89 Å². The third-order valence-electron chi connectivity index (χ3n) is 4.13. The van der Waals surface area contributed by atoms with Gasteiger partial charge in [0.05, 0.1) is 6.61 Å². The summed E-state index contributed by atoms with van der Waals surface area (Å²) in [5, 5.41) is 6.84. The van der Waals surface area contributed by atoms with E-state index in [0.29, 0.717) is 31.3 Å². The van der Waals surface area contributed by atoms with Gasteiger partial charge in [0.1, 0.15) is 6.04 Å². The normalized spacial score (nSPS) is 21.3. The highest BCUT2D eigenvalue weighted by Crippen LogP contribution is 2.31. The summed E-state index contributed by atoms with van der Waals surface area (Å²) in [6.45, 7) is 4.74. The van der Waals surface area contributed by atoms with E-state index in [1.807, 2.05) is 6.92 Å². The highest BCUT2D eigenvalue weighted by atomic mass is 16.5. The Kier molecular flexibility index (Phi) is 4.92. The van der Waals surface area contributed by atoms with Crippen LogP contribution in [0.5, 0.6) is 0 Å². The first kappa shape index (κ1) is 15.3. The molecule has 7 nitrogen and oxygen atoms in total. The van der Waals surface area contributed by atoms with Crippen molar-refractivity contribution in [3.05, 3.63) is 11.7 Å². The zero-order chi connectivity index (χ0) is 15.4. The topological polar surface area (TPSA) is 80.5 Å². The summed E-state index contributed by atoms with van der Waals surface area (Å²) < 4.78 is 11.0. The Morgan fingerprint density at radius 2 is 2.32 bits per heavy atom. The van der Waals surface area contributed by atoms with Crippen LogP contribution in [0.1, 0.15) is 50.4 Å². The molecular formula is C15H24N4O3. The van der Waals surface area contributed by atoms with E-state index in [1.165, 1.54) is 12.8 Å². The molecule has 1 aliphatic carbocycles. The van der Waals surface area contributed by atoms with Crippen LogP contribution in [0, 0.1) is 5.92 Å². The maximum atomic E-state index is 12.0. The van der Waals surface area contributed by atoms with Gasteiger partial charge in [-0.15, -0.1) is 0 Å². The molecule has 2 aliphatic rings. The van der Waals surface area contributed by atoms with Crippen LogP contribution < -0.4 is 5.32 Å². The van der Waals surface area contributed by atoms with Crippen molar-refractivity contribution in [2.45, 2.75) is 45.1 Å². The second-order valence-corrected chi connectivity index (χ2v) is 6.00. The van der Waals surface area contributed by atoms with Crippen LogP contribution in [0.2, 0.25) is 0 Å². The lowest BCUT2D eigenvalue weighted by Gasteiger charge is -2.21. The van der Waals surface area contributed by atoms with Crippen LogP contribution in [0.4, 0.5) is 4.79 Å². The first-order chi connectivity index (χ1) is 10.8. The summed E-state index contributed by atoms with van der Waals surface area (Å²) in [6, 6.07) is -0.155. The van der Waals surface area contributed by atoms with Crippen LogP contribution >= 0.6 is 0 Å². The first-order valence-electron chi connectivity index (χ1n) is 8.22. The molecule has 1 aromatic heterocycles. The molecule has 1 aliphatic heterocycles. The molecule has 1 unspecified atom stereocenters. The minimum atomic E-state index is -0.0971. The number of hydrogen-bond donors (Lipinski definition) is 1. The molecule has 1 saturated carbocycles. The molecule has 2 fully saturated rings. The van der Waals surface area contributed by atoms with Crippen molar-refractivity contribution in [1.82, 2.24) is 20.4 Å². The minimum Gasteiger partial charge on any atom is -0.381 e. The van der Waals surface area contributed by atoms with Gasteiger partial charge < -0.3 is 19.5 Å². The number of nitrogens with one attached hydrogen (secondary N) is 1. The van der Waals surface area contributed by atoms with E-state index in [9.17, 15) is 4.79 Å². The number of rotatable bonds is 7. The number of ether oxygens (including phenoxy) is 1. The molecule has 1 atom stereocenters. The fourth-order valence-electron chi connectivity index (χ4n) is 2.72. The molecule has 122 valence electrons. The van der Waals surface area contributed by atoms with Gasteiger partial charge in [-0.25, -0.2) is 4.79 Å². The zero-order valence-electron chi connectivity index (χ0n) is 13.1. The smallest absolute Gasteiger partial charge is 0.318 e. The fraction of sp³-hybridized carbons (Fsp3) is 0.800. The molecule has 1 aromatic rings. The lowest BCUT2D eigenvalue weighted by atomic mass is 10.2. The minimum absolute atomic E-state index is 0.0579. The quantitative estimate of drug-likeness (QED) is 0.778. The maximum Gasteiger partial charge on any atom is 0.318 e. The largest absolute Gasteiger partial charge is 0.381 e. The second-order valence-electron chi connectivity index (χ2n) is 6.00. The third kappa shape index (κ3) is 3.76. The van der Waals surface area contributed by atoms with Gasteiger partial charge in [-0.2, -0.15) is 4.98 Å². The van der Waals surface area contributed by atoms with E-state index in [4.69, 9.17) is 9.26 Å². The SMILES string of the molecule is CCNC(=O)N1CCCC1c1nc(CCOCC2CC2)no1. The molecule has 0 bridgehead atoms. The van der Waals surface area contributed by atoms with Gasteiger partial charge in [-0.05, 0) is 38.5 Å². The Hall–Kier alpha value is -1.63. The Labute approximate surface area is 130 Å². The first-order valence-corrected chi connectivity index (χ1v) is 8.22. The van der Waals surface area contributed by atoms with Crippen LogP contribution in [0.3, 0.4) is 0 Å². The van der Waals surface area contributed by atoms with Crippen molar-refractivity contribution < 1.29 is 14.1 Å². The molecule has 7 heteroatoms. The highest BCUT2D eigenvalue weighted by molar-refractivity contribution is 5.74.